The minimum absolute atomic E-state index is 0. The summed E-state index contributed by atoms with van der Waals surface area (Å²) < 4.78 is 88.0. The van der Waals surface area contributed by atoms with Gasteiger partial charge in [0.2, 0.25) is 5.60 Å². The second kappa shape index (κ2) is 13.9. The molecular weight excluding hydrogens is 596 g/mol. The van der Waals surface area contributed by atoms with Crippen molar-refractivity contribution in [3.05, 3.63) is 24.0 Å². The van der Waals surface area contributed by atoms with Gasteiger partial charge in [-0.05, 0) is 26.0 Å². The van der Waals surface area contributed by atoms with Gasteiger partial charge in [-0.3, -0.25) is 14.4 Å². The number of anilines is 1. The van der Waals surface area contributed by atoms with Gasteiger partial charge in [0.15, 0.2) is 0 Å². The Morgan fingerprint density at radius 1 is 1.15 bits per heavy atom. The molecule has 0 aliphatic carbocycles. The highest BCUT2D eigenvalue weighted by Gasteiger charge is 2.58. The van der Waals surface area contributed by atoms with Crippen LogP contribution in [0, 0.1) is 5.82 Å². The molecule has 1 aliphatic rings. The Kier molecular flexibility index (Phi) is 12.0. The van der Waals surface area contributed by atoms with E-state index in [1.54, 1.807) is 0 Å². The van der Waals surface area contributed by atoms with Crippen LogP contribution < -0.4 is 31.3 Å². The fourth-order valence-corrected chi connectivity index (χ4v) is 3.27. The van der Waals surface area contributed by atoms with Gasteiger partial charge in [-0.2, -0.15) is 22.0 Å². The van der Waals surface area contributed by atoms with Crippen molar-refractivity contribution in [2.24, 2.45) is 5.73 Å². The zero-order valence-corrected chi connectivity index (χ0v) is 22.3. The van der Waals surface area contributed by atoms with Crippen LogP contribution in [0.1, 0.15) is 13.8 Å². The number of nitrogens with one attached hydrogen (secondary N) is 3. The first-order valence-electron chi connectivity index (χ1n) is 11.6. The summed E-state index contributed by atoms with van der Waals surface area (Å²) in [6.07, 6.45) is -8.13. The first kappa shape index (κ1) is 35.5. The number of hydrogen-bond acceptors (Lipinski definition) is 8. The van der Waals surface area contributed by atoms with Crippen molar-refractivity contribution in [3.63, 3.8) is 0 Å². The summed E-state index contributed by atoms with van der Waals surface area (Å²) in [6.45, 7) is -1.08. The molecule has 1 aliphatic heterocycles. The Labute approximate surface area is 235 Å². The van der Waals surface area contributed by atoms with Gasteiger partial charge in [-0.15, -0.1) is 12.4 Å². The molecule has 0 bridgehead atoms. The number of ether oxygens (including phenoxy) is 2. The first-order chi connectivity index (χ1) is 18.4. The average Bonchev–Trinajstić information content (AvgIpc) is 2.95. The van der Waals surface area contributed by atoms with Gasteiger partial charge in [-0.1, -0.05) is 0 Å². The van der Waals surface area contributed by atoms with Gasteiger partial charge >= 0.3 is 18.2 Å². The molecule has 2 rings (SSSR count). The highest BCUT2D eigenvalue weighted by Crippen LogP contribution is 2.35. The lowest BCUT2D eigenvalue weighted by atomic mass is 10.0. The number of nitrogens with two attached hydrogens (primary N) is 1. The minimum Gasteiger partial charge on any atom is -0.486 e. The largest absolute Gasteiger partial charge is 0.486 e. The smallest absolute Gasteiger partial charge is 0.455 e. The zero-order valence-electron chi connectivity index (χ0n) is 21.5. The molecule has 232 valence electrons. The number of amides is 4. The monoisotopic (exact) mass is 623 g/mol. The summed E-state index contributed by atoms with van der Waals surface area (Å²) in [5, 5.41) is 15.8. The van der Waals surface area contributed by atoms with E-state index in [2.05, 4.69) is 5.32 Å². The van der Waals surface area contributed by atoms with Crippen LogP contribution in [0.4, 0.5) is 36.8 Å². The van der Waals surface area contributed by atoms with Crippen LogP contribution in [0.5, 0.6) is 5.75 Å². The van der Waals surface area contributed by atoms with Crippen LogP contribution in [0.25, 0.3) is 0 Å². The standard InChI is InChI=1S/C22H27F6N5O7.ClH/c1-11-15(32-18(36)20(2,38)17(35)31-10-21(24,25)22(26,27)28)16(34)33(7-8-39-19(37)30-6-5-29)13-9-12(23)3-4-14(13)40-11;/h3-4,9,11,15,38H,5-8,10,29H2,1-2H3,(H,30,37)(H,31,35)(H,32,36);1H/t11-,15+,20+;/m1./s1. The predicted molar refractivity (Wildman–Crippen MR) is 131 cm³/mol. The molecule has 0 radical (unpaired) electrons. The van der Waals surface area contributed by atoms with Crippen LogP contribution in [0.2, 0.25) is 0 Å². The van der Waals surface area contributed by atoms with Crippen LogP contribution in [0.15, 0.2) is 18.2 Å². The van der Waals surface area contributed by atoms with Crippen LogP contribution in [-0.2, 0) is 19.1 Å². The first-order valence-corrected chi connectivity index (χ1v) is 11.6. The Hall–Kier alpha value is -3.51. The molecule has 4 amide bonds. The summed E-state index contributed by atoms with van der Waals surface area (Å²) in [6, 6.07) is 1.40. The Balaban J connectivity index is 0.00000840. The number of alkyl carbamates (subject to hydrolysis) is 1. The van der Waals surface area contributed by atoms with Crippen molar-refractivity contribution >= 4 is 41.9 Å². The third-order valence-electron chi connectivity index (χ3n) is 5.54. The molecule has 0 fully saturated rings. The Bertz CT molecular complexity index is 1120. The number of nitrogens with zero attached hydrogens (tertiary/aromatic N) is 1. The summed E-state index contributed by atoms with van der Waals surface area (Å²) >= 11 is 0. The molecule has 0 spiro atoms. The third-order valence-corrected chi connectivity index (χ3v) is 5.54. The van der Waals surface area contributed by atoms with Crippen molar-refractivity contribution in [2.45, 2.75) is 43.7 Å². The van der Waals surface area contributed by atoms with Gasteiger partial charge in [0.25, 0.3) is 17.7 Å². The number of rotatable bonds is 10. The Morgan fingerprint density at radius 2 is 1.78 bits per heavy atom. The van der Waals surface area contributed by atoms with Gasteiger partial charge < -0.3 is 41.2 Å². The topological polar surface area (TPSA) is 172 Å². The van der Waals surface area contributed by atoms with E-state index in [1.807, 2.05) is 5.32 Å². The minimum atomic E-state index is -6.01. The average molecular weight is 624 g/mol. The lowest BCUT2D eigenvalue weighted by molar-refractivity contribution is -0.278. The van der Waals surface area contributed by atoms with Crippen molar-refractivity contribution in [1.82, 2.24) is 16.0 Å². The molecule has 1 aromatic rings. The quantitative estimate of drug-likeness (QED) is 0.186. The van der Waals surface area contributed by atoms with Gasteiger partial charge in [0, 0.05) is 19.2 Å². The van der Waals surface area contributed by atoms with E-state index in [0.29, 0.717) is 6.92 Å². The van der Waals surface area contributed by atoms with Crippen molar-refractivity contribution in [2.75, 3.05) is 37.7 Å². The summed E-state index contributed by atoms with van der Waals surface area (Å²) in [5.74, 6) is -10.7. The van der Waals surface area contributed by atoms with Gasteiger partial charge in [-0.25, -0.2) is 9.18 Å². The number of alkyl halides is 5. The maximum atomic E-state index is 14.0. The molecule has 19 heteroatoms. The molecule has 6 N–H and O–H groups in total. The number of fused-ring (bicyclic) bond motifs is 1. The van der Waals surface area contributed by atoms with Crippen LogP contribution in [0.3, 0.4) is 0 Å². The van der Waals surface area contributed by atoms with E-state index < -0.39 is 79.2 Å². The zero-order chi connectivity index (χ0) is 30.5. The van der Waals surface area contributed by atoms with Crippen molar-refractivity contribution < 1.29 is 60.1 Å². The summed E-state index contributed by atoms with van der Waals surface area (Å²) in [7, 11) is 0. The molecule has 1 heterocycles. The molecule has 12 nitrogen and oxygen atoms in total. The molecule has 0 unspecified atom stereocenters. The number of aliphatic hydroxyl groups is 1. The van der Waals surface area contributed by atoms with Crippen LogP contribution >= 0.6 is 12.4 Å². The van der Waals surface area contributed by atoms with Gasteiger partial charge in [0.1, 0.15) is 30.3 Å². The maximum absolute atomic E-state index is 14.0. The molecular formula is C22H28ClF6N5O7. The van der Waals surface area contributed by atoms with Crippen molar-refractivity contribution in [1.29, 1.82) is 0 Å². The van der Waals surface area contributed by atoms with Crippen LogP contribution in [-0.4, -0.2) is 91.6 Å². The Morgan fingerprint density at radius 3 is 2.37 bits per heavy atom. The number of carbonyl (C=O) groups is 4. The van der Waals surface area contributed by atoms with E-state index in [1.165, 1.54) is 13.0 Å². The molecule has 0 saturated heterocycles. The van der Waals surface area contributed by atoms with E-state index in [9.17, 15) is 50.6 Å². The summed E-state index contributed by atoms with van der Waals surface area (Å²) in [4.78, 5) is 50.9. The number of benzene rings is 1. The predicted octanol–water partition coefficient (Wildman–Crippen LogP) is 0.596. The highest BCUT2D eigenvalue weighted by molar-refractivity contribution is 6.10. The number of hydrogen-bond donors (Lipinski definition) is 5. The van der Waals surface area contributed by atoms with E-state index in [4.69, 9.17) is 15.2 Å². The molecule has 1 aromatic carbocycles. The molecule has 41 heavy (non-hydrogen) atoms. The fourth-order valence-electron chi connectivity index (χ4n) is 3.27. The van der Waals surface area contributed by atoms with Gasteiger partial charge in [0.05, 0.1) is 18.8 Å². The number of halogens is 7. The van der Waals surface area contributed by atoms with E-state index >= 15 is 0 Å². The van der Waals surface area contributed by atoms with E-state index in [0.717, 1.165) is 22.3 Å². The second-order valence-electron chi connectivity index (χ2n) is 8.68. The van der Waals surface area contributed by atoms with Crippen molar-refractivity contribution in [3.8, 4) is 5.75 Å². The normalized spacial score (nSPS) is 18.5. The lowest BCUT2D eigenvalue weighted by Gasteiger charge is -2.29. The highest BCUT2D eigenvalue weighted by atomic mass is 35.5. The molecule has 3 atom stereocenters. The number of carbonyl (C=O) groups excluding carboxylic acids is 4. The second-order valence-corrected chi connectivity index (χ2v) is 8.68. The fraction of sp³-hybridized carbons (Fsp3) is 0.545. The SMILES string of the molecule is C[C@H]1Oc2ccc(F)cc2N(CCOC(=O)NCCN)C(=O)[C@H]1NC(=O)[C@@](C)(O)C(=O)NCC(F)(F)C(F)(F)F.Cl. The van der Waals surface area contributed by atoms with E-state index in [-0.39, 0.29) is 36.9 Å². The summed E-state index contributed by atoms with van der Waals surface area (Å²) in [5.41, 5.74) is 1.92. The maximum Gasteiger partial charge on any atom is 0.455 e. The third kappa shape index (κ3) is 8.74. The molecule has 0 saturated carbocycles. The lowest BCUT2D eigenvalue weighted by Crippen LogP contribution is -2.63. The molecule has 0 aromatic heterocycles.